The van der Waals surface area contributed by atoms with E-state index in [2.05, 4.69) is 31.7 Å². The zero-order valence-corrected chi connectivity index (χ0v) is 15.0. The van der Waals surface area contributed by atoms with E-state index in [-0.39, 0.29) is 5.41 Å². The van der Waals surface area contributed by atoms with Crippen molar-refractivity contribution < 1.29 is 9.84 Å². The van der Waals surface area contributed by atoms with E-state index in [1.54, 1.807) is 0 Å². The Morgan fingerprint density at radius 3 is 2.91 bits per heavy atom. The fourth-order valence-electron chi connectivity index (χ4n) is 4.79. The molecule has 3 heteroatoms. The number of rotatable bonds is 5. The quantitative estimate of drug-likeness (QED) is 0.898. The Hall–Kier alpha value is -1.06. The van der Waals surface area contributed by atoms with Crippen molar-refractivity contribution in [3.8, 4) is 5.75 Å². The van der Waals surface area contributed by atoms with Gasteiger partial charge in [0, 0.05) is 19.7 Å². The predicted molar refractivity (Wildman–Crippen MR) is 94.0 cm³/mol. The Bertz CT molecular complexity index is 559. The van der Waals surface area contributed by atoms with Crippen LogP contribution in [0.4, 0.5) is 0 Å². The summed E-state index contributed by atoms with van der Waals surface area (Å²) in [6, 6.07) is 6.56. The molecule has 1 saturated heterocycles. The van der Waals surface area contributed by atoms with E-state index < -0.39 is 0 Å². The number of phenolic OH excluding ortho intramolecular Hbond substituents is 1. The minimum Gasteiger partial charge on any atom is -0.508 e. The molecule has 0 unspecified atom stereocenters. The smallest absolute Gasteiger partial charge is 0.115 e. The lowest BCUT2D eigenvalue weighted by Gasteiger charge is -2.55. The minimum absolute atomic E-state index is 0.181. The molecule has 0 spiro atoms. The summed E-state index contributed by atoms with van der Waals surface area (Å²) in [7, 11) is 1.84. The Balaban J connectivity index is 1.86. The molecule has 1 aromatic carbocycles. The Labute approximate surface area is 140 Å². The molecule has 4 atom stereocenters. The van der Waals surface area contributed by atoms with Gasteiger partial charge in [-0.2, -0.15) is 0 Å². The molecule has 0 aromatic heterocycles. The van der Waals surface area contributed by atoms with Crippen LogP contribution in [0.5, 0.6) is 5.75 Å². The number of aromatic hydroxyl groups is 1. The average molecular weight is 317 g/mol. The van der Waals surface area contributed by atoms with E-state index in [9.17, 15) is 5.11 Å². The second-order valence-electron chi connectivity index (χ2n) is 7.71. The molecule has 1 heterocycles. The number of methoxy groups -OCH3 is 1. The molecule has 23 heavy (non-hydrogen) atoms. The normalized spacial score (nSPS) is 31.7. The third-order valence-electron chi connectivity index (χ3n) is 6.49. The standard InChI is InChI=1S/C20H31NO2/c1-5-6-17(23-4)13-21-10-9-20(3)14(2)19(21)11-15-7-8-16(22)12-18(15)20/h7-8,12,14,17,19,22H,5-6,9-11,13H2,1-4H3/t14-,17-,19-,20-/m1/s1. The SMILES string of the molecule is CCC[C@H](CN1CC[C@@]2(C)c3cc(O)ccc3C[C@@H]1[C@H]2C)OC. The lowest BCUT2D eigenvalue weighted by molar-refractivity contribution is -0.0138. The summed E-state index contributed by atoms with van der Waals surface area (Å²) in [5.74, 6) is 1.00. The first-order valence-electron chi connectivity index (χ1n) is 9.08. The largest absolute Gasteiger partial charge is 0.508 e. The van der Waals surface area contributed by atoms with Crippen molar-refractivity contribution in [2.75, 3.05) is 20.2 Å². The van der Waals surface area contributed by atoms with Gasteiger partial charge in [0.05, 0.1) is 6.10 Å². The zero-order valence-electron chi connectivity index (χ0n) is 15.0. The molecule has 2 aliphatic rings. The highest BCUT2D eigenvalue weighted by Crippen LogP contribution is 2.49. The molecule has 1 fully saturated rings. The van der Waals surface area contributed by atoms with Gasteiger partial charge in [-0.15, -0.1) is 0 Å². The maximum absolute atomic E-state index is 9.92. The second-order valence-corrected chi connectivity index (χ2v) is 7.71. The molecule has 1 aromatic rings. The highest BCUT2D eigenvalue weighted by Gasteiger charge is 2.48. The van der Waals surface area contributed by atoms with E-state index in [0.29, 0.717) is 23.8 Å². The molecule has 128 valence electrons. The van der Waals surface area contributed by atoms with Gasteiger partial charge in [0.15, 0.2) is 0 Å². The van der Waals surface area contributed by atoms with Crippen molar-refractivity contribution in [2.45, 2.75) is 64.0 Å². The first-order valence-corrected chi connectivity index (χ1v) is 9.08. The van der Waals surface area contributed by atoms with Gasteiger partial charge in [-0.05, 0) is 60.4 Å². The molecule has 1 aliphatic heterocycles. The van der Waals surface area contributed by atoms with Crippen molar-refractivity contribution in [3.05, 3.63) is 29.3 Å². The molecule has 2 bridgehead atoms. The summed E-state index contributed by atoms with van der Waals surface area (Å²) in [4.78, 5) is 2.66. The molecule has 3 rings (SSSR count). The predicted octanol–water partition coefficient (Wildman–Crippen LogP) is 3.73. The van der Waals surface area contributed by atoms with Crippen LogP contribution in [0.2, 0.25) is 0 Å². The summed E-state index contributed by atoms with van der Waals surface area (Å²) >= 11 is 0. The number of benzene rings is 1. The molecule has 0 amide bonds. The van der Waals surface area contributed by atoms with Gasteiger partial charge in [0.2, 0.25) is 0 Å². The number of ether oxygens (including phenoxy) is 1. The van der Waals surface area contributed by atoms with Crippen LogP contribution in [0.3, 0.4) is 0 Å². The Morgan fingerprint density at radius 2 is 2.22 bits per heavy atom. The number of phenols is 1. The molecular formula is C20H31NO2. The van der Waals surface area contributed by atoms with Crippen LogP contribution in [-0.4, -0.2) is 42.4 Å². The van der Waals surface area contributed by atoms with E-state index >= 15 is 0 Å². The number of likely N-dealkylation sites (tertiary alicyclic amines) is 1. The van der Waals surface area contributed by atoms with Crippen LogP contribution in [0.25, 0.3) is 0 Å². The summed E-state index contributed by atoms with van der Waals surface area (Å²) < 4.78 is 5.70. The van der Waals surface area contributed by atoms with E-state index in [1.807, 2.05) is 19.2 Å². The van der Waals surface area contributed by atoms with Gasteiger partial charge in [-0.3, -0.25) is 4.90 Å². The third-order valence-corrected chi connectivity index (χ3v) is 6.49. The van der Waals surface area contributed by atoms with Crippen LogP contribution in [0.1, 0.15) is 51.2 Å². The van der Waals surface area contributed by atoms with Gasteiger partial charge < -0.3 is 9.84 Å². The summed E-state index contributed by atoms with van der Waals surface area (Å²) in [6.45, 7) is 9.18. The molecule has 1 N–H and O–H groups in total. The lowest BCUT2D eigenvalue weighted by Crippen LogP contribution is -2.59. The number of hydrogen-bond donors (Lipinski definition) is 1. The topological polar surface area (TPSA) is 32.7 Å². The lowest BCUT2D eigenvalue weighted by atomic mass is 9.59. The molecule has 1 aliphatic carbocycles. The van der Waals surface area contributed by atoms with Crippen LogP contribution in [0.15, 0.2) is 18.2 Å². The van der Waals surface area contributed by atoms with E-state index in [1.165, 1.54) is 17.5 Å². The average Bonchev–Trinajstić information content (AvgIpc) is 2.53. The van der Waals surface area contributed by atoms with Crippen LogP contribution in [-0.2, 0) is 16.6 Å². The monoisotopic (exact) mass is 317 g/mol. The highest BCUT2D eigenvalue weighted by molar-refractivity contribution is 5.44. The summed E-state index contributed by atoms with van der Waals surface area (Å²) in [6.07, 6.45) is 4.90. The number of hydrogen-bond acceptors (Lipinski definition) is 3. The fraction of sp³-hybridized carbons (Fsp3) is 0.700. The maximum atomic E-state index is 9.92. The van der Waals surface area contributed by atoms with Gasteiger partial charge in [-0.1, -0.05) is 33.3 Å². The number of nitrogens with zero attached hydrogens (tertiary/aromatic N) is 1. The summed E-state index contributed by atoms with van der Waals surface area (Å²) in [5.41, 5.74) is 2.97. The number of fused-ring (bicyclic) bond motifs is 4. The fourth-order valence-corrected chi connectivity index (χ4v) is 4.79. The van der Waals surface area contributed by atoms with E-state index in [4.69, 9.17) is 4.74 Å². The van der Waals surface area contributed by atoms with Crippen molar-refractivity contribution in [1.82, 2.24) is 4.90 Å². The third kappa shape index (κ3) is 2.89. The van der Waals surface area contributed by atoms with Crippen LogP contribution >= 0.6 is 0 Å². The number of piperidine rings is 1. The molecule has 0 saturated carbocycles. The first kappa shape index (κ1) is 16.8. The molecular weight excluding hydrogens is 286 g/mol. The minimum atomic E-state index is 0.181. The van der Waals surface area contributed by atoms with Gasteiger partial charge >= 0.3 is 0 Å². The van der Waals surface area contributed by atoms with Crippen molar-refractivity contribution in [2.24, 2.45) is 5.92 Å². The molecule has 0 radical (unpaired) electrons. The maximum Gasteiger partial charge on any atom is 0.115 e. The van der Waals surface area contributed by atoms with Crippen LogP contribution in [0, 0.1) is 5.92 Å². The van der Waals surface area contributed by atoms with Crippen molar-refractivity contribution in [3.63, 3.8) is 0 Å². The Kier molecular flexibility index (Phi) is 4.70. The van der Waals surface area contributed by atoms with Crippen LogP contribution < -0.4 is 0 Å². The van der Waals surface area contributed by atoms with Crippen molar-refractivity contribution in [1.29, 1.82) is 0 Å². The van der Waals surface area contributed by atoms with E-state index in [0.717, 1.165) is 32.4 Å². The highest BCUT2D eigenvalue weighted by atomic mass is 16.5. The first-order chi connectivity index (χ1) is 11.0. The van der Waals surface area contributed by atoms with Gasteiger partial charge in [0.1, 0.15) is 5.75 Å². The zero-order chi connectivity index (χ0) is 16.6. The second kappa shape index (κ2) is 6.45. The Morgan fingerprint density at radius 1 is 1.43 bits per heavy atom. The van der Waals surface area contributed by atoms with Gasteiger partial charge in [0.25, 0.3) is 0 Å². The van der Waals surface area contributed by atoms with Gasteiger partial charge in [-0.25, -0.2) is 0 Å². The summed E-state index contributed by atoms with van der Waals surface area (Å²) in [5, 5.41) is 9.92. The molecule has 3 nitrogen and oxygen atoms in total. The van der Waals surface area contributed by atoms with Crippen molar-refractivity contribution >= 4 is 0 Å².